The van der Waals surface area contributed by atoms with E-state index in [9.17, 15) is 0 Å². The molecule has 51 heavy (non-hydrogen) atoms. The van der Waals surface area contributed by atoms with Crippen LogP contribution in [-0.4, -0.2) is 87.1 Å². The van der Waals surface area contributed by atoms with Gasteiger partial charge >= 0.3 is 0 Å². The summed E-state index contributed by atoms with van der Waals surface area (Å²) < 4.78 is 32.2. The van der Waals surface area contributed by atoms with Crippen LogP contribution in [0.25, 0.3) is 28.2 Å². The van der Waals surface area contributed by atoms with Gasteiger partial charge in [0, 0.05) is 32.1 Å². The van der Waals surface area contributed by atoms with Crippen molar-refractivity contribution in [2.75, 3.05) is 33.4 Å². The Morgan fingerprint density at radius 1 is 1.20 bits per heavy atom. The minimum absolute atomic E-state index is 0.0487. The Bertz CT molecular complexity index is 1820. The average molecular weight is 833 g/mol. The van der Waals surface area contributed by atoms with E-state index in [1.807, 2.05) is 31.8 Å². The molecule has 1 aliphatic heterocycles. The van der Waals surface area contributed by atoms with Crippen LogP contribution >= 0.6 is 22.6 Å². The van der Waals surface area contributed by atoms with Crippen LogP contribution in [0.1, 0.15) is 90.2 Å². The lowest BCUT2D eigenvalue weighted by Crippen LogP contribution is -2.42. The summed E-state index contributed by atoms with van der Waals surface area (Å²) in [4.78, 5) is 7.18. The molecule has 0 aromatic carbocycles. The second kappa shape index (κ2) is 16.1. The van der Waals surface area contributed by atoms with Crippen molar-refractivity contribution in [3.63, 3.8) is 0 Å². The van der Waals surface area contributed by atoms with Crippen LogP contribution in [0.5, 0.6) is 11.8 Å². The zero-order valence-electron chi connectivity index (χ0n) is 32.4. The van der Waals surface area contributed by atoms with Gasteiger partial charge in [0.1, 0.15) is 6.10 Å². The second-order valence-corrected chi connectivity index (χ2v) is 21.2. The third-order valence-electron chi connectivity index (χ3n) is 10.1. The highest BCUT2D eigenvalue weighted by molar-refractivity contribution is 14.1. The molecule has 0 bridgehead atoms. The normalized spacial score (nSPS) is 16.9. The van der Waals surface area contributed by atoms with Gasteiger partial charge in [0.05, 0.1) is 62.9 Å². The molecular formula is C37H57IN8O4Si. The zero-order chi connectivity index (χ0) is 37.2. The van der Waals surface area contributed by atoms with Gasteiger partial charge in [-0.3, -0.25) is 14.6 Å². The quantitative estimate of drug-likeness (QED) is 0.0867. The van der Waals surface area contributed by atoms with Crippen LogP contribution in [-0.2, 0) is 22.8 Å². The van der Waals surface area contributed by atoms with E-state index < -0.39 is 8.32 Å². The van der Waals surface area contributed by atoms with Crippen molar-refractivity contribution in [1.29, 1.82) is 0 Å². The van der Waals surface area contributed by atoms with Crippen LogP contribution in [0.15, 0.2) is 18.8 Å². The minimum atomic E-state index is -1.91. The predicted octanol–water partition coefficient (Wildman–Crippen LogP) is 8.16. The van der Waals surface area contributed by atoms with Crippen molar-refractivity contribution in [2.45, 2.75) is 111 Å². The van der Waals surface area contributed by atoms with Crippen LogP contribution in [0.4, 0.5) is 0 Å². The first-order valence-corrected chi connectivity index (χ1v) is 22.1. The molecule has 0 N–H and O–H groups in total. The summed E-state index contributed by atoms with van der Waals surface area (Å²) in [6, 6.07) is 2.12. The van der Waals surface area contributed by atoms with Crippen molar-refractivity contribution in [2.24, 2.45) is 7.05 Å². The molecule has 0 saturated carbocycles. The highest BCUT2D eigenvalue weighted by Crippen LogP contribution is 2.38. The predicted molar refractivity (Wildman–Crippen MR) is 214 cm³/mol. The molecule has 0 aliphatic carbocycles. The van der Waals surface area contributed by atoms with E-state index in [0.29, 0.717) is 38.1 Å². The number of fused-ring (bicyclic) bond motifs is 1. The number of likely N-dealkylation sites (N-methyl/N-ethyl adjacent to an activating group) is 1. The topological polar surface area (TPSA) is 107 Å². The number of ether oxygens (including phenoxy) is 3. The van der Waals surface area contributed by atoms with Gasteiger partial charge in [-0.2, -0.15) is 10.2 Å². The van der Waals surface area contributed by atoms with Gasteiger partial charge < -0.3 is 18.6 Å². The van der Waals surface area contributed by atoms with Gasteiger partial charge in [-0.1, -0.05) is 27.4 Å². The Balaban J connectivity index is 1.34. The molecule has 14 heteroatoms. The van der Waals surface area contributed by atoms with Crippen LogP contribution in [0.3, 0.4) is 0 Å². The maximum absolute atomic E-state index is 6.68. The second-order valence-electron chi connectivity index (χ2n) is 15.3. The van der Waals surface area contributed by atoms with Crippen molar-refractivity contribution in [3.8, 4) is 23.0 Å². The number of aryl methyl sites for hydroxylation is 2. The lowest BCUT2D eigenvalue weighted by Gasteiger charge is -2.37. The smallest absolute Gasteiger partial charge is 0.246 e. The first kappa shape index (κ1) is 39.4. The van der Waals surface area contributed by atoms with E-state index >= 15 is 0 Å². The van der Waals surface area contributed by atoms with Gasteiger partial charge in [0.2, 0.25) is 11.8 Å². The van der Waals surface area contributed by atoms with Crippen molar-refractivity contribution >= 4 is 47.9 Å². The lowest BCUT2D eigenvalue weighted by atomic mass is 10.1. The highest BCUT2D eigenvalue weighted by Gasteiger charge is 2.38. The molecule has 0 spiro atoms. The van der Waals surface area contributed by atoms with E-state index in [1.165, 1.54) is 0 Å². The molecule has 1 fully saturated rings. The Hall–Kier alpha value is -2.79. The summed E-state index contributed by atoms with van der Waals surface area (Å²) in [5.41, 5.74) is 5.35. The summed E-state index contributed by atoms with van der Waals surface area (Å²) in [5, 5.41) is 15.6. The molecule has 5 heterocycles. The molecule has 0 radical (unpaired) electrons. The van der Waals surface area contributed by atoms with E-state index in [0.717, 1.165) is 68.7 Å². The number of hydrogen-bond donors (Lipinski definition) is 0. The van der Waals surface area contributed by atoms with E-state index in [4.69, 9.17) is 38.9 Å². The van der Waals surface area contributed by atoms with Crippen molar-refractivity contribution in [1.82, 2.24) is 39.2 Å². The van der Waals surface area contributed by atoms with E-state index in [1.54, 1.807) is 10.8 Å². The third-order valence-corrected chi connectivity index (χ3v) is 15.7. The van der Waals surface area contributed by atoms with E-state index in [-0.39, 0.29) is 23.4 Å². The summed E-state index contributed by atoms with van der Waals surface area (Å²) in [7, 11) is 2.11. The molecule has 280 valence electrons. The van der Waals surface area contributed by atoms with Gasteiger partial charge in [0.25, 0.3) is 0 Å². The molecule has 0 amide bonds. The number of aromatic nitrogens is 7. The molecule has 1 saturated heterocycles. The van der Waals surface area contributed by atoms with Gasteiger partial charge in [0.15, 0.2) is 14.5 Å². The van der Waals surface area contributed by atoms with Crippen molar-refractivity contribution < 1.29 is 18.6 Å². The van der Waals surface area contributed by atoms with Gasteiger partial charge in [-0.15, -0.1) is 5.10 Å². The van der Waals surface area contributed by atoms with Crippen LogP contribution in [0.2, 0.25) is 18.1 Å². The molecule has 1 unspecified atom stereocenters. The molecule has 5 rings (SSSR count). The largest absolute Gasteiger partial charge is 0.476 e. The Morgan fingerprint density at radius 3 is 2.59 bits per heavy atom. The molecular weight excluding hydrogens is 775 g/mol. The molecule has 4 aromatic rings. The number of halogens is 1. The summed E-state index contributed by atoms with van der Waals surface area (Å²) in [6.45, 7) is 26.9. The fraction of sp³-hybridized carbons (Fsp3) is 0.622. The zero-order valence-corrected chi connectivity index (χ0v) is 35.6. The Labute approximate surface area is 318 Å². The third kappa shape index (κ3) is 8.55. The number of nitrogens with zero attached hydrogens (tertiary/aromatic N) is 8. The van der Waals surface area contributed by atoms with Crippen molar-refractivity contribution in [3.05, 3.63) is 39.5 Å². The number of hydrogen-bond acceptors (Lipinski definition) is 9. The Kier molecular flexibility index (Phi) is 12.4. The lowest BCUT2D eigenvalue weighted by molar-refractivity contribution is -0.0367. The monoisotopic (exact) mass is 832 g/mol. The molecule has 3 atom stereocenters. The molecule has 1 aliphatic rings. The summed E-state index contributed by atoms with van der Waals surface area (Å²) >= 11 is 2.37. The first-order valence-electron chi connectivity index (χ1n) is 18.1. The van der Waals surface area contributed by atoms with Gasteiger partial charge in [-0.05, 0) is 107 Å². The Morgan fingerprint density at radius 2 is 1.94 bits per heavy atom. The van der Waals surface area contributed by atoms with Gasteiger partial charge in [-0.25, -0.2) is 9.36 Å². The van der Waals surface area contributed by atoms with Crippen LogP contribution in [0, 0.1) is 10.5 Å². The maximum atomic E-state index is 6.68. The summed E-state index contributed by atoms with van der Waals surface area (Å²) in [5.74, 6) is 1.35. The SMILES string of the molecule is C=Cc1nn(C2CCCCO2)c2cnc(-c3c(C)nn(C)c3O[C@H](C)CN(C)Cc3c(I)c(OCC)nn3[C@@H](C)CO[Si](C)(C)C(C)(C)C)cc12. The number of rotatable bonds is 15. The van der Waals surface area contributed by atoms with Crippen LogP contribution < -0.4 is 9.47 Å². The first-order chi connectivity index (χ1) is 24.1. The molecule has 4 aromatic heterocycles. The fourth-order valence-electron chi connectivity index (χ4n) is 6.31. The average Bonchev–Trinajstić information content (AvgIpc) is 3.69. The minimum Gasteiger partial charge on any atom is -0.476 e. The standard InChI is InChI=1S/C37H57IN8O4Si/c1-13-28-27-19-29(39-20-30(27)46(41-28)32-17-15-16-18-48-32)33-26(5)40-44(10)36(33)50-25(4)21-43(9)22-31-34(38)35(47-14-2)42-45(31)24(3)23-49-51(11,12)37(6,7)8/h13,19-20,24-25,32H,1,14-18,21-23H2,2-12H3/t24-,25+,32?/m0/s1. The summed E-state index contributed by atoms with van der Waals surface area (Å²) in [6.07, 6.45) is 6.56. The fourth-order valence-corrected chi connectivity index (χ4v) is 8.09. The maximum Gasteiger partial charge on any atom is 0.246 e. The van der Waals surface area contributed by atoms with E-state index in [2.05, 4.69) is 99.6 Å². The molecule has 12 nitrogen and oxygen atoms in total. The number of pyridine rings is 1. The highest BCUT2D eigenvalue weighted by atomic mass is 127.